The molecular formula is C10H13NO3. The number of carbonyl (C=O) groups is 2. The molecule has 0 saturated heterocycles. The second kappa shape index (κ2) is 3.44. The molecule has 2 aliphatic rings. The van der Waals surface area contributed by atoms with E-state index >= 15 is 0 Å². The van der Waals surface area contributed by atoms with Crippen molar-refractivity contribution >= 4 is 11.8 Å². The van der Waals surface area contributed by atoms with E-state index in [0.717, 1.165) is 25.7 Å². The smallest absolute Gasteiger partial charge is 0.293 e. The fraction of sp³-hybridized carbons (Fsp3) is 0.600. The van der Waals surface area contributed by atoms with Crippen LogP contribution in [0.1, 0.15) is 32.1 Å². The van der Waals surface area contributed by atoms with Crippen molar-refractivity contribution in [1.29, 1.82) is 0 Å². The monoisotopic (exact) mass is 195 g/mol. The molecule has 0 aromatic rings. The van der Waals surface area contributed by atoms with Gasteiger partial charge in [-0.25, -0.2) is 0 Å². The first-order valence-corrected chi connectivity index (χ1v) is 4.99. The summed E-state index contributed by atoms with van der Waals surface area (Å²) in [6.45, 7) is 0. The molecule has 76 valence electrons. The standard InChI is InChI=1S/C10H13NO3/c12-8-7(9(13)11-10(8)14)6-4-2-1-3-5-6/h6H,1-5H2,(H2,11,12,13,14). The van der Waals surface area contributed by atoms with Crippen LogP contribution in [0.4, 0.5) is 0 Å². The average molecular weight is 195 g/mol. The van der Waals surface area contributed by atoms with E-state index in [1.54, 1.807) is 0 Å². The van der Waals surface area contributed by atoms with Crippen LogP contribution in [-0.2, 0) is 9.59 Å². The Balaban J connectivity index is 2.23. The normalized spacial score (nSPS) is 24.3. The molecule has 2 amide bonds. The third kappa shape index (κ3) is 1.41. The van der Waals surface area contributed by atoms with E-state index in [-0.39, 0.29) is 11.7 Å². The number of hydrogen-bond acceptors (Lipinski definition) is 3. The van der Waals surface area contributed by atoms with Gasteiger partial charge in [0.05, 0.1) is 5.57 Å². The van der Waals surface area contributed by atoms with E-state index in [4.69, 9.17) is 0 Å². The quantitative estimate of drug-likeness (QED) is 0.614. The van der Waals surface area contributed by atoms with Crippen molar-refractivity contribution in [2.45, 2.75) is 32.1 Å². The minimum absolute atomic E-state index is 0.0789. The predicted molar refractivity (Wildman–Crippen MR) is 49.4 cm³/mol. The zero-order valence-corrected chi connectivity index (χ0v) is 7.88. The molecule has 0 radical (unpaired) electrons. The van der Waals surface area contributed by atoms with Crippen LogP contribution in [0.25, 0.3) is 0 Å². The molecule has 1 aliphatic carbocycles. The van der Waals surface area contributed by atoms with E-state index < -0.39 is 11.8 Å². The van der Waals surface area contributed by atoms with Gasteiger partial charge >= 0.3 is 0 Å². The molecular weight excluding hydrogens is 182 g/mol. The van der Waals surface area contributed by atoms with Crippen LogP contribution in [-0.4, -0.2) is 16.9 Å². The molecule has 0 atom stereocenters. The molecule has 0 bridgehead atoms. The minimum Gasteiger partial charge on any atom is -0.503 e. The lowest BCUT2D eigenvalue weighted by atomic mass is 9.83. The topological polar surface area (TPSA) is 66.4 Å². The summed E-state index contributed by atoms with van der Waals surface area (Å²) < 4.78 is 0. The first-order chi connectivity index (χ1) is 6.70. The molecule has 0 unspecified atom stereocenters. The summed E-state index contributed by atoms with van der Waals surface area (Å²) in [5.41, 5.74) is 0.315. The van der Waals surface area contributed by atoms with Crippen molar-refractivity contribution in [2.24, 2.45) is 5.92 Å². The summed E-state index contributed by atoms with van der Waals surface area (Å²) in [5.74, 6) is -1.33. The van der Waals surface area contributed by atoms with Gasteiger partial charge in [-0.15, -0.1) is 0 Å². The lowest BCUT2D eigenvalue weighted by Crippen LogP contribution is -2.25. The maximum absolute atomic E-state index is 11.3. The van der Waals surface area contributed by atoms with E-state index in [0.29, 0.717) is 5.57 Å². The maximum Gasteiger partial charge on any atom is 0.293 e. The van der Waals surface area contributed by atoms with Gasteiger partial charge < -0.3 is 5.11 Å². The fourth-order valence-electron chi connectivity index (χ4n) is 2.23. The van der Waals surface area contributed by atoms with Gasteiger partial charge in [-0.2, -0.15) is 0 Å². The summed E-state index contributed by atoms with van der Waals surface area (Å²) in [7, 11) is 0. The summed E-state index contributed by atoms with van der Waals surface area (Å²) in [6, 6.07) is 0. The van der Waals surface area contributed by atoms with Crippen LogP contribution < -0.4 is 5.32 Å². The van der Waals surface area contributed by atoms with Crippen LogP contribution >= 0.6 is 0 Å². The number of aliphatic hydroxyl groups is 1. The van der Waals surface area contributed by atoms with Gasteiger partial charge in [0, 0.05) is 0 Å². The van der Waals surface area contributed by atoms with Crippen molar-refractivity contribution in [1.82, 2.24) is 5.32 Å². The maximum atomic E-state index is 11.3. The molecule has 14 heavy (non-hydrogen) atoms. The van der Waals surface area contributed by atoms with E-state index in [2.05, 4.69) is 5.32 Å². The molecule has 1 saturated carbocycles. The summed E-state index contributed by atoms with van der Waals surface area (Å²) in [5, 5.41) is 11.5. The molecule has 1 heterocycles. The van der Waals surface area contributed by atoms with Crippen LogP contribution in [0.5, 0.6) is 0 Å². The lowest BCUT2D eigenvalue weighted by Gasteiger charge is -2.21. The molecule has 2 N–H and O–H groups in total. The lowest BCUT2D eigenvalue weighted by molar-refractivity contribution is -0.125. The van der Waals surface area contributed by atoms with Gasteiger partial charge in [0.1, 0.15) is 0 Å². The molecule has 1 fully saturated rings. The number of imide groups is 1. The SMILES string of the molecule is O=C1NC(=O)C(C2CCCCC2)=C1O. The number of rotatable bonds is 1. The van der Waals surface area contributed by atoms with E-state index in [1.165, 1.54) is 6.42 Å². The van der Waals surface area contributed by atoms with Crippen molar-refractivity contribution in [3.05, 3.63) is 11.3 Å². The van der Waals surface area contributed by atoms with Crippen LogP contribution in [0.2, 0.25) is 0 Å². The zero-order valence-electron chi connectivity index (χ0n) is 7.88. The predicted octanol–water partition coefficient (Wildman–Crippen LogP) is 1.04. The van der Waals surface area contributed by atoms with Gasteiger partial charge in [-0.1, -0.05) is 19.3 Å². The first-order valence-electron chi connectivity index (χ1n) is 4.99. The second-order valence-corrected chi connectivity index (χ2v) is 3.88. The summed E-state index contributed by atoms with van der Waals surface area (Å²) >= 11 is 0. The molecule has 0 aromatic carbocycles. The Kier molecular flexibility index (Phi) is 2.27. The highest BCUT2D eigenvalue weighted by Crippen LogP contribution is 2.32. The number of carbonyl (C=O) groups excluding carboxylic acids is 2. The van der Waals surface area contributed by atoms with E-state index in [1.807, 2.05) is 0 Å². The Labute approximate surface area is 82.0 Å². The van der Waals surface area contributed by atoms with Crippen molar-refractivity contribution in [3.63, 3.8) is 0 Å². The third-order valence-corrected chi connectivity index (χ3v) is 2.96. The van der Waals surface area contributed by atoms with Crippen LogP contribution in [0.3, 0.4) is 0 Å². The Bertz CT molecular complexity index is 313. The van der Waals surface area contributed by atoms with Gasteiger partial charge in [0.2, 0.25) is 0 Å². The van der Waals surface area contributed by atoms with Crippen molar-refractivity contribution < 1.29 is 14.7 Å². The Hall–Kier alpha value is -1.32. The molecule has 0 aromatic heterocycles. The van der Waals surface area contributed by atoms with Crippen LogP contribution in [0.15, 0.2) is 11.3 Å². The van der Waals surface area contributed by atoms with Crippen molar-refractivity contribution in [2.75, 3.05) is 0 Å². The second-order valence-electron chi connectivity index (χ2n) is 3.88. The summed E-state index contributed by atoms with van der Waals surface area (Å²) in [4.78, 5) is 22.3. The molecule has 0 spiro atoms. The average Bonchev–Trinajstić information content (AvgIpc) is 2.43. The Morgan fingerprint density at radius 2 is 1.71 bits per heavy atom. The van der Waals surface area contributed by atoms with Gasteiger partial charge in [-0.05, 0) is 18.8 Å². The zero-order chi connectivity index (χ0) is 10.1. The minimum atomic E-state index is -0.643. The number of nitrogens with one attached hydrogen (secondary N) is 1. The van der Waals surface area contributed by atoms with Gasteiger partial charge in [-0.3, -0.25) is 14.9 Å². The third-order valence-electron chi connectivity index (χ3n) is 2.96. The highest BCUT2D eigenvalue weighted by Gasteiger charge is 2.35. The van der Waals surface area contributed by atoms with Crippen molar-refractivity contribution in [3.8, 4) is 0 Å². The van der Waals surface area contributed by atoms with Gasteiger partial charge in [0.25, 0.3) is 11.8 Å². The van der Waals surface area contributed by atoms with Gasteiger partial charge in [0.15, 0.2) is 5.76 Å². The Morgan fingerprint density at radius 1 is 1.07 bits per heavy atom. The van der Waals surface area contributed by atoms with Crippen LogP contribution in [0, 0.1) is 5.92 Å². The number of hydrogen-bond donors (Lipinski definition) is 2. The molecule has 1 aliphatic heterocycles. The number of aliphatic hydroxyl groups excluding tert-OH is 1. The largest absolute Gasteiger partial charge is 0.503 e. The highest BCUT2D eigenvalue weighted by molar-refractivity contribution is 6.18. The number of amides is 2. The first kappa shape index (κ1) is 9.24. The highest BCUT2D eigenvalue weighted by atomic mass is 16.3. The molecule has 4 nitrogen and oxygen atoms in total. The molecule has 4 heteroatoms. The van der Waals surface area contributed by atoms with E-state index in [9.17, 15) is 14.7 Å². The molecule has 2 rings (SSSR count). The fourth-order valence-corrected chi connectivity index (χ4v) is 2.23. The summed E-state index contributed by atoms with van der Waals surface area (Å²) in [6.07, 6.45) is 5.13. The Morgan fingerprint density at radius 3 is 2.21 bits per heavy atom.